The van der Waals surface area contributed by atoms with Crippen molar-refractivity contribution in [3.8, 4) is 11.6 Å². The van der Waals surface area contributed by atoms with E-state index >= 15 is 0 Å². The molecule has 0 saturated carbocycles. The van der Waals surface area contributed by atoms with Crippen molar-refractivity contribution in [3.05, 3.63) is 53.2 Å². The van der Waals surface area contributed by atoms with E-state index in [4.69, 9.17) is 16.0 Å². The first-order valence-electron chi connectivity index (χ1n) is 8.20. The molecule has 6 nitrogen and oxygen atoms in total. The predicted octanol–water partition coefficient (Wildman–Crippen LogP) is 4.63. The molecule has 130 valence electrons. The van der Waals surface area contributed by atoms with Gasteiger partial charge in [0.15, 0.2) is 5.76 Å². The molecule has 0 aliphatic rings. The smallest absolute Gasteiger partial charge is 0.250 e. The number of rotatable bonds is 7. The van der Waals surface area contributed by atoms with Crippen molar-refractivity contribution >= 4 is 23.5 Å². The third-order valence-electron chi connectivity index (χ3n) is 3.67. The highest BCUT2D eigenvalue weighted by atomic mass is 35.5. The van der Waals surface area contributed by atoms with Crippen LogP contribution in [0.3, 0.4) is 0 Å². The first-order chi connectivity index (χ1) is 12.2. The molecule has 2 heterocycles. The summed E-state index contributed by atoms with van der Waals surface area (Å²) in [7, 11) is 0. The van der Waals surface area contributed by atoms with E-state index in [0.29, 0.717) is 35.5 Å². The molecule has 0 amide bonds. The number of nitrogens with zero attached hydrogens (tertiary/aromatic N) is 3. The first kappa shape index (κ1) is 17.2. The number of furan rings is 1. The number of halogens is 1. The normalized spacial score (nSPS) is 10.8. The van der Waals surface area contributed by atoms with E-state index in [-0.39, 0.29) is 5.91 Å². The maximum absolute atomic E-state index is 12.4. The minimum Gasteiger partial charge on any atom is -0.461 e. The Morgan fingerprint density at radius 3 is 2.92 bits per heavy atom. The number of hydrogen-bond donors (Lipinski definition) is 1. The Hall–Kier alpha value is -2.60. The fraction of sp³-hybridized carbons (Fsp3) is 0.278. The highest BCUT2D eigenvalue weighted by Crippen LogP contribution is 2.20. The lowest BCUT2D eigenvalue weighted by Crippen LogP contribution is -2.16. The number of benzene rings is 1. The minimum atomic E-state index is -0.0965. The van der Waals surface area contributed by atoms with E-state index in [0.717, 1.165) is 18.4 Å². The van der Waals surface area contributed by atoms with Crippen LogP contribution in [0.4, 0.5) is 5.95 Å². The average Bonchev–Trinajstić information content (AvgIpc) is 3.27. The van der Waals surface area contributed by atoms with Crippen LogP contribution in [-0.4, -0.2) is 20.7 Å². The van der Waals surface area contributed by atoms with Gasteiger partial charge in [0.1, 0.15) is 0 Å². The van der Waals surface area contributed by atoms with Crippen LogP contribution in [0.15, 0.2) is 47.1 Å². The Morgan fingerprint density at radius 1 is 1.32 bits per heavy atom. The maximum Gasteiger partial charge on any atom is 0.250 e. The van der Waals surface area contributed by atoms with Crippen LogP contribution >= 0.6 is 11.6 Å². The van der Waals surface area contributed by atoms with Gasteiger partial charge in [-0.15, -0.1) is 5.10 Å². The van der Waals surface area contributed by atoms with Crippen molar-refractivity contribution in [1.29, 1.82) is 0 Å². The quantitative estimate of drug-likeness (QED) is 0.666. The van der Waals surface area contributed by atoms with Crippen LogP contribution in [0.5, 0.6) is 0 Å². The molecule has 0 atom stereocenters. The van der Waals surface area contributed by atoms with Crippen LogP contribution < -0.4 is 5.32 Å². The SMILES string of the molecule is CCCCC(=O)n1nc(-c2ccco2)nc1NCc1cccc(Cl)c1. The van der Waals surface area contributed by atoms with Crippen molar-refractivity contribution in [3.63, 3.8) is 0 Å². The summed E-state index contributed by atoms with van der Waals surface area (Å²) < 4.78 is 6.65. The van der Waals surface area contributed by atoms with Gasteiger partial charge in [0.25, 0.3) is 0 Å². The molecule has 3 aromatic rings. The van der Waals surface area contributed by atoms with Crippen molar-refractivity contribution in [2.75, 3.05) is 5.32 Å². The largest absolute Gasteiger partial charge is 0.461 e. The Balaban J connectivity index is 1.83. The van der Waals surface area contributed by atoms with Crippen LogP contribution in [-0.2, 0) is 6.54 Å². The van der Waals surface area contributed by atoms with Gasteiger partial charge in [0.2, 0.25) is 17.7 Å². The molecule has 0 fully saturated rings. The molecule has 0 bridgehead atoms. The van der Waals surface area contributed by atoms with Gasteiger partial charge >= 0.3 is 0 Å². The zero-order valence-electron chi connectivity index (χ0n) is 13.9. The second-order valence-corrected chi connectivity index (χ2v) is 6.07. The van der Waals surface area contributed by atoms with Gasteiger partial charge in [-0.3, -0.25) is 4.79 Å². The highest BCUT2D eigenvalue weighted by Gasteiger charge is 2.18. The Kier molecular flexibility index (Phi) is 5.50. The lowest BCUT2D eigenvalue weighted by Gasteiger charge is -2.07. The molecule has 25 heavy (non-hydrogen) atoms. The Morgan fingerprint density at radius 2 is 2.20 bits per heavy atom. The second-order valence-electron chi connectivity index (χ2n) is 5.63. The van der Waals surface area contributed by atoms with Crippen molar-refractivity contribution < 1.29 is 9.21 Å². The molecule has 7 heteroatoms. The van der Waals surface area contributed by atoms with E-state index in [1.165, 1.54) is 4.68 Å². The lowest BCUT2D eigenvalue weighted by molar-refractivity contribution is 0.0886. The second kappa shape index (κ2) is 7.98. The van der Waals surface area contributed by atoms with Gasteiger partial charge in [-0.2, -0.15) is 9.67 Å². The maximum atomic E-state index is 12.4. The zero-order valence-corrected chi connectivity index (χ0v) is 14.7. The highest BCUT2D eigenvalue weighted by molar-refractivity contribution is 6.30. The van der Waals surface area contributed by atoms with Gasteiger partial charge in [-0.25, -0.2) is 0 Å². The summed E-state index contributed by atoms with van der Waals surface area (Å²) in [6.07, 6.45) is 3.72. The number of nitrogens with one attached hydrogen (secondary N) is 1. The molecule has 1 aromatic carbocycles. The van der Waals surface area contributed by atoms with Crippen LogP contribution in [0.1, 0.15) is 36.5 Å². The molecule has 3 rings (SSSR count). The van der Waals surface area contributed by atoms with Gasteiger partial charge in [0, 0.05) is 18.0 Å². The average molecular weight is 359 g/mol. The number of carbonyl (C=O) groups excluding carboxylic acids is 1. The number of aromatic nitrogens is 3. The summed E-state index contributed by atoms with van der Waals surface area (Å²) in [5.74, 6) is 1.20. The van der Waals surface area contributed by atoms with Gasteiger partial charge in [-0.1, -0.05) is 37.1 Å². The van der Waals surface area contributed by atoms with Crippen molar-refractivity contribution in [2.24, 2.45) is 0 Å². The molecule has 1 N–H and O–H groups in total. The van der Waals surface area contributed by atoms with E-state index in [1.54, 1.807) is 18.4 Å². The Labute approximate surface area is 150 Å². The van der Waals surface area contributed by atoms with E-state index < -0.39 is 0 Å². The standard InChI is InChI=1S/C18H19ClN4O2/c1-2-3-9-16(24)23-18(20-12-13-6-4-7-14(19)11-13)21-17(22-23)15-8-5-10-25-15/h4-8,10-11H,2-3,9,12H2,1H3,(H,20,21,22). The number of hydrogen-bond acceptors (Lipinski definition) is 5. The lowest BCUT2D eigenvalue weighted by atomic mass is 10.2. The Bertz CT molecular complexity index is 843. The van der Waals surface area contributed by atoms with E-state index in [9.17, 15) is 4.79 Å². The monoisotopic (exact) mass is 358 g/mol. The topological polar surface area (TPSA) is 73.0 Å². The number of anilines is 1. The fourth-order valence-electron chi connectivity index (χ4n) is 2.37. The zero-order chi connectivity index (χ0) is 17.6. The van der Waals surface area contributed by atoms with Crippen molar-refractivity contribution in [2.45, 2.75) is 32.7 Å². The van der Waals surface area contributed by atoms with Crippen LogP contribution in [0.25, 0.3) is 11.6 Å². The van der Waals surface area contributed by atoms with Gasteiger partial charge < -0.3 is 9.73 Å². The van der Waals surface area contributed by atoms with E-state index in [1.807, 2.05) is 31.2 Å². The molecule has 0 spiro atoms. The third-order valence-corrected chi connectivity index (χ3v) is 3.90. The molecular weight excluding hydrogens is 340 g/mol. The van der Waals surface area contributed by atoms with Crippen LogP contribution in [0, 0.1) is 0 Å². The molecule has 0 unspecified atom stereocenters. The summed E-state index contributed by atoms with van der Waals surface area (Å²) in [4.78, 5) is 16.9. The summed E-state index contributed by atoms with van der Waals surface area (Å²) >= 11 is 6.01. The summed E-state index contributed by atoms with van der Waals surface area (Å²) in [6.45, 7) is 2.53. The van der Waals surface area contributed by atoms with Crippen molar-refractivity contribution in [1.82, 2.24) is 14.8 Å². The van der Waals surface area contributed by atoms with Gasteiger partial charge in [0.05, 0.1) is 6.26 Å². The van der Waals surface area contributed by atoms with Gasteiger partial charge in [-0.05, 0) is 36.2 Å². The molecule has 0 saturated heterocycles. The first-order valence-corrected chi connectivity index (χ1v) is 8.57. The number of carbonyl (C=O) groups is 1. The third kappa shape index (κ3) is 4.28. The van der Waals surface area contributed by atoms with E-state index in [2.05, 4.69) is 15.4 Å². The van der Waals surface area contributed by atoms with Crippen LogP contribution in [0.2, 0.25) is 5.02 Å². The summed E-state index contributed by atoms with van der Waals surface area (Å²) in [5.41, 5.74) is 0.989. The molecule has 0 aliphatic carbocycles. The minimum absolute atomic E-state index is 0.0965. The number of unbranched alkanes of at least 4 members (excludes halogenated alkanes) is 1. The summed E-state index contributed by atoms with van der Waals surface area (Å²) in [5, 5.41) is 8.14. The summed E-state index contributed by atoms with van der Waals surface area (Å²) in [6, 6.07) is 11.0. The molecule has 0 aliphatic heterocycles. The molecular formula is C18H19ClN4O2. The fourth-order valence-corrected chi connectivity index (χ4v) is 2.59. The molecule has 0 radical (unpaired) electrons. The predicted molar refractivity (Wildman–Crippen MR) is 96.7 cm³/mol. The molecule has 2 aromatic heterocycles.